The molecule has 0 aliphatic heterocycles. The summed E-state index contributed by atoms with van der Waals surface area (Å²) in [6.45, 7) is 2.19. The van der Waals surface area contributed by atoms with Gasteiger partial charge in [0, 0.05) is 11.3 Å². The number of hydrogen-bond donors (Lipinski definition) is 1. The fourth-order valence-corrected chi connectivity index (χ4v) is 5.15. The van der Waals surface area contributed by atoms with E-state index < -0.39 is 10.0 Å². The molecule has 1 aliphatic rings. The van der Waals surface area contributed by atoms with E-state index in [9.17, 15) is 8.42 Å². The molecule has 1 aliphatic carbocycles. The molecule has 4 nitrogen and oxygen atoms in total. The van der Waals surface area contributed by atoms with Gasteiger partial charge in [0.1, 0.15) is 0 Å². The second kappa shape index (κ2) is 6.39. The Kier molecular flexibility index (Phi) is 4.97. The molecule has 0 spiro atoms. The average Bonchev–Trinajstić information content (AvgIpc) is 2.94. The summed E-state index contributed by atoms with van der Waals surface area (Å²) in [4.78, 5) is 0.260. The Balaban J connectivity index is 2.17. The maximum atomic E-state index is 12.5. The van der Waals surface area contributed by atoms with E-state index >= 15 is 0 Å². The van der Waals surface area contributed by atoms with Gasteiger partial charge in [0.05, 0.1) is 16.5 Å². The van der Waals surface area contributed by atoms with Crippen molar-refractivity contribution in [3.63, 3.8) is 0 Å². The van der Waals surface area contributed by atoms with E-state index in [1.165, 1.54) is 18.9 Å². The molecule has 0 aromatic heterocycles. The largest absolute Gasteiger partial charge is 0.240 e. The molecule has 0 radical (unpaired) electrons. The lowest BCUT2D eigenvalue weighted by Gasteiger charge is -2.27. The maximum Gasteiger partial charge on any atom is 0.240 e. The minimum absolute atomic E-state index is 0.0353. The molecule has 1 aromatic carbocycles. The molecule has 0 bridgehead atoms. The van der Waals surface area contributed by atoms with Crippen LogP contribution in [0.25, 0.3) is 0 Å². The van der Waals surface area contributed by atoms with E-state index in [0.717, 1.165) is 12.8 Å². The van der Waals surface area contributed by atoms with Gasteiger partial charge in [-0.05, 0) is 49.8 Å². The molecule has 0 heterocycles. The predicted molar refractivity (Wildman–Crippen MR) is 85.8 cm³/mol. The van der Waals surface area contributed by atoms with Crippen molar-refractivity contribution in [3.05, 3.63) is 29.3 Å². The molecule has 1 N–H and O–H groups in total. The second-order valence-corrected chi connectivity index (χ2v) is 8.52. The number of benzene rings is 1. The van der Waals surface area contributed by atoms with Crippen molar-refractivity contribution in [1.29, 1.82) is 5.26 Å². The van der Waals surface area contributed by atoms with Gasteiger partial charge in [-0.15, -0.1) is 0 Å². The molecular formula is C15H20N2O2S2. The molecule has 0 atom stereocenters. The van der Waals surface area contributed by atoms with Gasteiger partial charge >= 0.3 is 0 Å². The number of hydrogen-bond acceptors (Lipinski definition) is 4. The number of nitrogens with zero attached hydrogens (tertiary/aromatic N) is 1. The average molecular weight is 324 g/mol. The first-order valence-corrected chi connectivity index (χ1v) is 9.69. The Labute approximate surface area is 131 Å². The first-order chi connectivity index (χ1) is 9.92. The van der Waals surface area contributed by atoms with Crippen LogP contribution in [0, 0.1) is 18.3 Å². The van der Waals surface area contributed by atoms with Crippen LogP contribution in [0.15, 0.2) is 23.1 Å². The third-order valence-electron chi connectivity index (χ3n) is 4.13. The quantitative estimate of drug-likeness (QED) is 0.904. The number of nitriles is 1. The van der Waals surface area contributed by atoms with Crippen molar-refractivity contribution in [2.24, 2.45) is 0 Å². The van der Waals surface area contributed by atoms with Crippen LogP contribution in [0.2, 0.25) is 0 Å². The van der Waals surface area contributed by atoms with Crippen LogP contribution >= 0.6 is 11.8 Å². The lowest BCUT2D eigenvalue weighted by atomic mass is 10.1. The second-order valence-electron chi connectivity index (χ2n) is 5.51. The van der Waals surface area contributed by atoms with Gasteiger partial charge < -0.3 is 0 Å². The molecule has 114 valence electrons. The molecule has 6 heteroatoms. The van der Waals surface area contributed by atoms with Gasteiger partial charge in [0.25, 0.3) is 0 Å². The first-order valence-electron chi connectivity index (χ1n) is 6.98. The fourth-order valence-electron chi connectivity index (χ4n) is 2.80. The fraction of sp³-hybridized carbons (Fsp3) is 0.533. The van der Waals surface area contributed by atoms with Crippen molar-refractivity contribution in [1.82, 2.24) is 4.72 Å². The summed E-state index contributed by atoms with van der Waals surface area (Å²) in [6, 6.07) is 6.68. The highest BCUT2D eigenvalue weighted by molar-refractivity contribution is 8.00. The van der Waals surface area contributed by atoms with Gasteiger partial charge in [-0.3, -0.25) is 0 Å². The number of aryl methyl sites for hydroxylation is 1. The molecule has 1 fully saturated rings. The Morgan fingerprint density at radius 1 is 1.38 bits per heavy atom. The summed E-state index contributed by atoms with van der Waals surface area (Å²) in [6.07, 6.45) is 6.50. The zero-order valence-corrected chi connectivity index (χ0v) is 14.0. The monoisotopic (exact) mass is 324 g/mol. The summed E-state index contributed by atoms with van der Waals surface area (Å²) in [5, 5.41) is 8.85. The van der Waals surface area contributed by atoms with E-state index in [1.807, 2.05) is 12.3 Å². The summed E-state index contributed by atoms with van der Waals surface area (Å²) >= 11 is 1.76. The van der Waals surface area contributed by atoms with Crippen LogP contribution in [0.3, 0.4) is 0 Å². The minimum atomic E-state index is -3.52. The summed E-state index contributed by atoms with van der Waals surface area (Å²) in [7, 11) is -3.52. The zero-order valence-electron chi connectivity index (χ0n) is 12.3. The lowest BCUT2D eigenvalue weighted by molar-refractivity contribution is 0.551. The number of sulfonamides is 1. The van der Waals surface area contributed by atoms with E-state index in [1.54, 1.807) is 30.8 Å². The van der Waals surface area contributed by atoms with Crippen LogP contribution in [-0.4, -0.2) is 26.0 Å². The van der Waals surface area contributed by atoms with Gasteiger partial charge in [-0.2, -0.15) is 17.0 Å². The Hall–Kier alpha value is -1.03. The Morgan fingerprint density at radius 3 is 2.57 bits per heavy atom. The standard InChI is InChI=1S/C15H20N2O2S2/c1-12-9-13(10-16)5-6-14(12)21(18,19)17-11-15(20-2)7-3-4-8-15/h5-6,9,17H,3-4,7-8,11H2,1-2H3. The molecular weight excluding hydrogens is 304 g/mol. The smallest absolute Gasteiger partial charge is 0.210 e. The summed E-state index contributed by atoms with van der Waals surface area (Å²) in [5.74, 6) is 0. The van der Waals surface area contributed by atoms with Crippen molar-refractivity contribution in [2.75, 3.05) is 12.8 Å². The molecule has 0 unspecified atom stereocenters. The number of rotatable bonds is 5. The number of nitrogens with one attached hydrogen (secondary N) is 1. The van der Waals surface area contributed by atoms with Crippen molar-refractivity contribution >= 4 is 21.8 Å². The third-order valence-corrected chi connectivity index (χ3v) is 7.11. The van der Waals surface area contributed by atoms with Gasteiger partial charge in [-0.25, -0.2) is 13.1 Å². The highest BCUT2D eigenvalue weighted by Crippen LogP contribution is 2.39. The SMILES string of the molecule is CSC1(CNS(=O)(=O)c2ccc(C#N)cc2C)CCCC1. The molecule has 1 saturated carbocycles. The molecule has 2 rings (SSSR count). The topological polar surface area (TPSA) is 70.0 Å². The van der Waals surface area contributed by atoms with Gasteiger partial charge in [0.2, 0.25) is 10.0 Å². The Bertz CT molecular complexity index is 657. The molecule has 21 heavy (non-hydrogen) atoms. The summed E-state index contributed by atoms with van der Waals surface area (Å²) < 4.78 is 27.7. The van der Waals surface area contributed by atoms with E-state index in [4.69, 9.17) is 5.26 Å². The normalized spacial score (nSPS) is 17.6. The van der Waals surface area contributed by atoms with E-state index in [2.05, 4.69) is 4.72 Å². The number of thioether (sulfide) groups is 1. The predicted octanol–water partition coefficient (Wildman–Crippen LogP) is 2.82. The van der Waals surface area contributed by atoms with E-state index in [-0.39, 0.29) is 9.64 Å². The van der Waals surface area contributed by atoms with Gasteiger partial charge in [0.15, 0.2) is 0 Å². The van der Waals surface area contributed by atoms with Crippen LogP contribution in [0.4, 0.5) is 0 Å². The highest BCUT2D eigenvalue weighted by atomic mass is 32.2. The van der Waals surface area contributed by atoms with Gasteiger partial charge in [-0.1, -0.05) is 12.8 Å². The van der Waals surface area contributed by atoms with Crippen LogP contribution in [-0.2, 0) is 10.0 Å². The third kappa shape index (κ3) is 3.60. The van der Waals surface area contributed by atoms with Crippen molar-refractivity contribution in [2.45, 2.75) is 42.2 Å². The van der Waals surface area contributed by atoms with Crippen LogP contribution in [0.5, 0.6) is 0 Å². The van der Waals surface area contributed by atoms with Crippen molar-refractivity contribution in [3.8, 4) is 6.07 Å². The molecule has 0 saturated heterocycles. The van der Waals surface area contributed by atoms with E-state index in [0.29, 0.717) is 17.7 Å². The Morgan fingerprint density at radius 2 is 2.05 bits per heavy atom. The lowest BCUT2D eigenvalue weighted by Crippen LogP contribution is -2.38. The zero-order chi connectivity index (χ0) is 15.5. The maximum absolute atomic E-state index is 12.5. The molecule has 0 amide bonds. The van der Waals surface area contributed by atoms with Crippen LogP contribution in [0.1, 0.15) is 36.8 Å². The summed E-state index contributed by atoms with van der Waals surface area (Å²) in [5.41, 5.74) is 1.08. The highest BCUT2D eigenvalue weighted by Gasteiger charge is 2.34. The minimum Gasteiger partial charge on any atom is -0.210 e. The van der Waals surface area contributed by atoms with Crippen molar-refractivity contribution < 1.29 is 8.42 Å². The molecule has 1 aromatic rings. The first kappa shape index (κ1) is 16.3. The van der Waals surface area contributed by atoms with Crippen LogP contribution < -0.4 is 4.72 Å².